The molecule has 0 aromatic carbocycles. The number of carbonyl (C=O) groups excluding carboxylic acids is 1. The fourth-order valence-corrected chi connectivity index (χ4v) is 2.40. The molecule has 5 nitrogen and oxygen atoms in total. The molecule has 5 heteroatoms. The van der Waals surface area contributed by atoms with Crippen LogP contribution in [0.5, 0.6) is 0 Å². The summed E-state index contributed by atoms with van der Waals surface area (Å²) in [4.78, 5) is 21.8. The maximum absolute atomic E-state index is 11.9. The third kappa shape index (κ3) is 2.40. The van der Waals surface area contributed by atoms with E-state index < -0.39 is 0 Å². The number of pyridine rings is 2. The molecule has 0 radical (unpaired) electrons. The van der Waals surface area contributed by atoms with Gasteiger partial charge < -0.3 is 4.74 Å². The lowest BCUT2D eigenvalue weighted by atomic mass is 10.2. The normalized spacial score (nSPS) is 17.8. The molecule has 2 fully saturated rings. The molecule has 2 aromatic heterocycles. The standard InChI is InChI=1S/C17H13N3O2/c21-16-20(12-17(22-16)7-8-17)15-6-5-14(11-19-15)4-3-13-2-1-9-18-10-13/h1-2,5-6,9-11H,7-8,12H2. The SMILES string of the molecule is O=C1OC2(CC2)CN1c1ccc(C#Cc2cccnc2)cn1. The molecule has 2 aliphatic rings. The van der Waals surface area contributed by atoms with E-state index in [2.05, 4.69) is 21.8 Å². The number of amides is 1. The van der Waals surface area contributed by atoms with Gasteiger partial charge in [0, 0.05) is 29.7 Å². The third-order valence-electron chi connectivity index (χ3n) is 3.82. The van der Waals surface area contributed by atoms with Crippen molar-refractivity contribution in [2.45, 2.75) is 18.4 Å². The second-order valence-electron chi connectivity index (χ2n) is 5.53. The Morgan fingerprint density at radius 1 is 1.14 bits per heavy atom. The third-order valence-corrected chi connectivity index (χ3v) is 3.82. The summed E-state index contributed by atoms with van der Waals surface area (Å²) in [6.45, 7) is 0.597. The molecule has 0 atom stereocenters. The van der Waals surface area contributed by atoms with Crippen LogP contribution in [0.15, 0.2) is 42.9 Å². The van der Waals surface area contributed by atoms with Gasteiger partial charge in [0.25, 0.3) is 0 Å². The highest BCUT2D eigenvalue weighted by Crippen LogP contribution is 2.45. The molecular formula is C17H13N3O2. The first-order valence-corrected chi connectivity index (χ1v) is 7.13. The molecule has 1 saturated carbocycles. The summed E-state index contributed by atoms with van der Waals surface area (Å²) < 4.78 is 5.37. The first-order chi connectivity index (χ1) is 10.7. The van der Waals surface area contributed by atoms with Gasteiger partial charge in [0.05, 0.1) is 6.54 Å². The quantitative estimate of drug-likeness (QED) is 0.757. The van der Waals surface area contributed by atoms with Gasteiger partial charge in [-0.3, -0.25) is 9.88 Å². The van der Waals surface area contributed by atoms with Crippen molar-refractivity contribution >= 4 is 11.9 Å². The average Bonchev–Trinajstić information content (AvgIpc) is 3.22. The Morgan fingerprint density at radius 2 is 1.95 bits per heavy atom. The molecule has 0 N–H and O–H groups in total. The number of hydrogen-bond donors (Lipinski definition) is 0. The minimum Gasteiger partial charge on any atom is -0.441 e. The summed E-state index contributed by atoms with van der Waals surface area (Å²) in [5.74, 6) is 6.67. The van der Waals surface area contributed by atoms with Gasteiger partial charge in [0.15, 0.2) is 0 Å². The van der Waals surface area contributed by atoms with Crippen LogP contribution in [0.2, 0.25) is 0 Å². The van der Waals surface area contributed by atoms with Crippen LogP contribution < -0.4 is 4.90 Å². The summed E-state index contributed by atoms with van der Waals surface area (Å²) in [5.41, 5.74) is 1.41. The molecule has 1 spiro atoms. The molecule has 2 aromatic rings. The van der Waals surface area contributed by atoms with Crippen LogP contribution in [-0.4, -0.2) is 28.2 Å². The molecule has 1 aliphatic heterocycles. The van der Waals surface area contributed by atoms with Crippen molar-refractivity contribution in [3.63, 3.8) is 0 Å². The molecule has 1 saturated heterocycles. The van der Waals surface area contributed by atoms with Crippen LogP contribution in [0.3, 0.4) is 0 Å². The van der Waals surface area contributed by atoms with Gasteiger partial charge in [0.1, 0.15) is 11.4 Å². The van der Waals surface area contributed by atoms with Gasteiger partial charge in [-0.05, 0) is 37.1 Å². The average molecular weight is 291 g/mol. The molecule has 108 valence electrons. The Balaban J connectivity index is 1.52. The Morgan fingerprint density at radius 3 is 2.55 bits per heavy atom. The lowest BCUT2D eigenvalue weighted by Gasteiger charge is -2.11. The predicted octanol–water partition coefficient (Wildman–Crippen LogP) is 2.37. The lowest BCUT2D eigenvalue weighted by Crippen LogP contribution is -2.25. The van der Waals surface area contributed by atoms with E-state index in [9.17, 15) is 4.79 Å². The van der Waals surface area contributed by atoms with Crippen LogP contribution in [0.25, 0.3) is 0 Å². The molecular weight excluding hydrogens is 278 g/mol. The van der Waals surface area contributed by atoms with E-state index in [-0.39, 0.29) is 11.7 Å². The molecule has 3 heterocycles. The number of nitrogens with zero attached hydrogens (tertiary/aromatic N) is 3. The fraction of sp³-hybridized carbons (Fsp3) is 0.235. The van der Waals surface area contributed by atoms with Crippen molar-refractivity contribution in [3.05, 3.63) is 54.0 Å². The maximum atomic E-state index is 11.9. The first kappa shape index (κ1) is 12.8. The molecule has 22 heavy (non-hydrogen) atoms. The molecule has 0 bridgehead atoms. The second kappa shape index (κ2) is 4.85. The zero-order valence-electron chi connectivity index (χ0n) is 11.8. The molecule has 0 unspecified atom stereocenters. The van der Waals surface area contributed by atoms with Gasteiger partial charge in [-0.25, -0.2) is 9.78 Å². The van der Waals surface area contributed by atoms with E-state index in [1.807, 2.05) is 18.2 Å². The summed E-state index contributed by atoms with van der Waals surface area (Å²) in [6, 6.07) is 7.40. The van der Waals surface area contributed by atoms with Crippen molar-refractivity contribution in [2.24, 2.45) is 0 Å². The van der Waals surface area contributed by atoms with Gasteiger partial charge in [-0.1, -0.05) is 11.8 Å². The van der Waals surface area contributed by atoms with Crippen LogP contribution >= 0.6 is 0 Å². The van der Waals surface area contributed by atoms with Gasteiger partial charge in [0.2, 0.25) is 0 Å². The summed E-state index contributed by atoms with van der Waals surface area (Å²) in [7, 11) is 0. The maximum Gasteiger partial charge on any atom is 0.416 e. The predicted molar refractivity (Wildman–Crippen MR) is 80.2 cm³/mol. The minimum atomic E-state index is -0.306. The van der Waals surface area contributed by atoms with Crippen LogP contribution in [0.1, 0.15) is 24.0 Å². The number of aromatic nitrogens is 2. The highest BCUT2D eigenvalue weighted by molar-refractivity contribution is 5.89. The Labute approximate surface area is 128 Å². The zero-order valence-corrected chi connectivity index (χ0v) is 11.8. The van der Waals surface area contributed by atoms with Crippen molar-refractivity contribution in [3.8, 4) is 11.8 Å². The lowest BCUT2D eigenvalue weighted by molar-refractivity contribution is 0.129. The number of ether oxygens (including phenoxy) is 1. The van der Waals surface area contributed by atoms with Crippen LogP contribution in [0.4, 0.5) is 10.6 Å². The largest absolute Gasteiger partial charge is 0.441 e. The van der Waals surface area contributed by atoms with Crippen molar-refractivity contribution in [1.82, 2.24) is 9.97 Å². The van der Waals surface area contributed by atoms with Crippen molar-refractivity contribution < 1.29 is 9.53 Å². The van der Waals surface area contributed by atoms with Gasteiger partial charge in [-0.15, -0.1) is 0 Å². The second-order valence-corrected chi connectivity index (χ2v) is 5.53. The Kier molecular flexibility index (Phi) is 2.83. The number of hydrogen-bond acceptors (Lipinski definition) is 4. The van der Waals surface area contributed by atoms with E-state index in [0.29, 0.717) is 12.4 Å². The number of rotatable bonds is 1. The fourth-order valence-electron chi connectivity index (χ4n) is 2.40. The summed E-state index contributed by atoms with van der Waals surface area (Å²) >= 11 is 0. The summed E-state index contributed by atoms with van der Waals surface area (Å²) in [6.07, 6.45) is 6.68. The topological polar surface area (TPSA) is 55.3 Å². The smallest absolute Gasteiger partial charge is 0.416 e. The molecule has 1 aliphatic carbocycles. The molecule has 4 rings (SSSR count). The Hall–Kier alpha value is -2.87. The number of anilines is 1. The van der Waals surface area contributed by atoms with E-state index in [1.54, 1.807) is 29.6 Å². The van der Waals surface area contributed by atoms with Gasteiger partial charge >= 0.3 is 6.09 Å². The van der Waals surface area contributed by atoms with Crippen LogP contribution in [0, 0.1) is 11.8 Å². The number of carbonyl (C=O) groups is 1. The van der Waals surface area contributed by atoms with Gasteiger partial charge in [-0.2, -0.15) is 0 Å². The van der Waals surface area contributed by atoms with E-state index >= 15 is 0 Å². The molecule has 1 amide bonds. The van der Waals surface area contributed by atoms with Crippen molar-refractivity contribution in [1.29, 1.82) is 0 Å². The first-order valence-electron chi connectivity index (χ1n) is 7.13. The highest BCUT2D eigenvalue weighted by atomic mass is 16.6. The van der Waals surface area contributed by atoms with E-state index in [4.69, 9.17) is 4.74 Å². The highest BCUT2D eigenvalue weighted by Gasteiger charge is 2.55. The zero-order chi connectivity index (χ0) is 15.0. The van der Waals surface area contributed by atoms with E-state index in [1.165, 1.54) is 0 Å². The Bertz CT molecular complexity index is 771. The van der Waals surface area contributed by atoms with Crippen molar-refractivity contribution in [2.75, 3.05) is 11.4 Å². The monoisotopic (exact) mass is 291 g/mol. The summed E-state index contributed by atoms with van der Waals surface area (Å²) in [5, 5.41) is 0. The minimum absolute atomic E-state index is 0.239. The van der Waals surface area contributed by atoms with E-state index in [0.717, 1.165) is 24.0 Å². The van der Waals surface area contributed by atoms with Crippen LogP contribution in [-0.2, 0) is 4.74 Å².